The zero-order chi connectivity index (χ0) is 15.0. The SMILES string of the molecule is Cc1csc2ncc(C(=O)N3CCCC(CO)C3)c(=O)n12. The van der Waals surface area contributed by atoms with Gasteiger partial charge < -0.3 is 10.0 Å². The topological polar surface area (TPSA) is 74.9 Å². The molecule has 1 aliphatic rings. The van der Waals surface area contributed by atoms with Gasteiger partial charge >= 0.3 is 0 Å². The van der Waals surface area contributed by atoms with Gasteiger partial charge in [-0.25, -0.2) is 4.98 Å². The van der Waals surface area contributed by atoms with E-state index in [1.165, 1.54) is 21.9 Å². The molecule has 21 heavy (non-hydrogen) atoms. The highest BCUT2D eigenvalue weighted by atomic mass is 32.1. The highest BCUT2D eigenvalue weighted by molar-refractivity contribution is 7.15. The number of nitrogens with zero attached hydrogens (tertiary/aromatic N) is 3. The molecule has 2 aromatic rings. The van der Waals surface area contributed by atoms with E-state index in [-0.39, 0.29) is 29.6 Å². The number of aromatic nitrogens is 2. The lowest BCUT2D eigenvalue weighted by atomic mass is 9.98. The molecule has 0 spiro atoms. The largest absolute Gasteiger partial charge is 0.396 e. The molecule has 1 amide bonds. The number of hydrogen-bond donors (Lipinski definition) is 1. The normalized spacial score (nSPS) is 19.1. The lowest BCUT2D eigenvalue weighted by molar-refractivity contribution is 0.0618. The predicted octanol–water partition coefficient (Wildman–Crippen LogP) is 0.909. The number of thiazole rings is 1. The number of fused-ring (bicyclic) bond motifs is 1. The fraction of sp³-hybridized carbons (Fsp3) is 0.500. The summed E-state index contributed by atoms with van der Waals surface area (Å²) >= 11 is 1.38. The van der Waals surface area contributed by atoms with Gasteiger partial charge in [-0.3, -0.25) is 14.0 Å². The lowest BCUT2D eigenvalue weighted by Crippen LogP contribution is -2.43. The molecule has 0 aromatic carbocycles. The van der Waals surface area contributed by atoms with Gasteiger partial charge in [0.1, 0.15) is 5.56 Å². The Balaban J connectivity index is 1.96. The molecule has 0 saturated carbocycles. The van der Waals surface area contributed by atoms with Crippen molar-refractivity contribution >= 4 is 22.2 Å². The van der Waals surface area contributed by atoms with Crippen molar-refractivity contribution in [2.24, 2.45) is 5.92 Å². The minimum Gasteiger partial charge on any atom is -0.396 e. The van der Waals surface area contributed by atoms with Crippen LogP contribution >= 0.6 is 11.3 Å². The number of hydrogen-bond acceptors (Lipinski definition) is 5. The number of likely N-dealkylation sites (tertiary alicyclic amines) is 1. The van der Waals surface area contributed by atoms with E-state index in [0.29, 0.717) is 18.1 Å². The van der Waals surface area contributed by atoms with E-state index >= 15 is 0 Å². The van der Waals surface area contributed by atoms with Crippen molar-refractivity contribution in [3.05, 3.63) is 33.2 Å². The van der Waals surface area contributed by atoms with E-state index in [1.54, 1.807) is 4.90 Å². The van der Waals surface area contributed by atoms with E-state index in [9.17, 15) is 14.7 Å². The number of carbonyl (C=O) groups excluding carboxylic acids is 1. The van der Waals surface area contributed by atoms with Crippen LogP contribution in [0.3, 0.4) is 0 Å². The van der Waals surface area contributed by atoms with Crippen LogP contribution in [0.1, 0.15) is 28.9 Å². The van der Waals surface area contributed by atoms with Crippen LogP contribution in [0, 0.1) is 12.8 Å². The zero-order valence-electron chi connectivity index (χ0n) is 11.8. The third-order valence-corrected chi connectivity index (χ3v) is 4.87. The van der Waals surface area contributed by atoms with E-state index < -0.39 is 0 Å². The Bertz CT molecular complexity index is 737. The first-order chi connectivity index (χ1) is 10.1. The number of rotatable bonds is 2. The number of aliphatic hydroxyl groups is 1. The molecule has 1 aliphatic heterocycles. The number of piperidine rings is 1. The highest BCUT2D eigenvalue weighted by Gasteiger charge is 2.26. The van der Waals surface area contributed by atoms with Crippen molar-refractivity contribution in [2.45, 2.75) is 19.8 Å². The maximum absolute atomic E-state index is 12.6. The maximum Gasteiger partial charge on any atom is 0.271 e. The average molecular weight is 307 g/mol. The molecule has 1 atom stereocenters. The van der Waals surface area contributed by atoms with Gasteiger partial charge in [0.2, 0.25) is 0 Å². The van der Waals surface area contributed by atoms with Crippen LogP contribution in [0.4, 0.5) is 0 Å². The first-order valence-corrected chi connectivity index (χ1v) is 7.85. The van der Waals surface area contributed by atoms with Crippen LogP contribution in [-0.2, 0) is 0 Å². The minimum atomic E-state index is -0.310. The second-order valence-electron chi connectivity index (χ2n) is 5.41. The first kappa shape index (κ1) is 14.2. The molecule has 2 aromatic heterocycles. The van der Waals surface area contributed by atoms with Crippen molar-refractivity contribution in [2.75, 3.05) is 19.7 Å². The molecule has 7 heteroatoms. The van der Waals surface area contributed by atoms with Gasteiger partial charge in [-0.15, -0.1) is 11.3 Å². The molecule has 1 fully saturated rings. The number of carbonyl (C=O) groups is 1. The van der Waals surface area contributed by atoms with Crippen molar-refractivity contribution in [3.8, 4) is 0 Å². The van der Waals surface area contributed by atoms with Gasteiger partial charge in [0.15, 0.2) is 4.96 Å². The summed E-state index contributed by atoms with van der Waals surface area (Å²) in [5.41, 5.74) is 0.580. The van der Waals surface area contributed by atoms with Crippen LogP contribution < -0.4 is 5.56 Å². The third kappa shape index (κ3) is 2.47. The number of aliphatic hydroxyl groups excluding tert-OH is 1. The van der Waals surface area contributed by atoms with Crippen molar-refractivity contribution in [1.82, 2.24) is 14.3 Å². The van der Waals surface area contributed by atoms with Crippen LogP contribution in [0.2, 0.25) is 0 Å². The summed E-state index contributed by atoms with van der Waals surface area (Å²) in [5.74, 6) is -0.185. The summed E-state index contributed by atoms with van der Waals surface area (Å²) < 4.78 is 1.48. The second kappa shape index (κ2) is 5.57. The Morgan fingerprint density at radius 1 is 1.57 bits per heavy atom. The Hall–Kier alpha value is -1.73. The van der Waals surface area contributed by atoms with Gasteiger partial charge in [0.25, 0.3) is 11.5 Å². The standard InChI is InChI=1S/C14H17N3O3S/c1-9-8-21-14-15-5-11(13(20)17(9)14)12(19)16-4-2-3-10(6-16)7-18/h5,8,10,18H,2-4,6-7H2,1H3. The van der Waals surface area contributed by atoms with Crippen LogP contribution in [0.25, 0.3) is 4.96 Å². The first-order valence-electron chi connectivity index (χ1n) is 6.98. The zero-order valence-corrected chi connectivity index (χ0v) is 12.6. The Labute approximate surface area is 125 Å². The van der Waals surface area contributed by atoms with Crippen LogP contribution in [0.5, 0.6) is 0 Å². The lowest BCUT2D eigenvalue weighted by Gasteiger charge is -2.31. The van der Waals surface area contributed by atoms with Crippen molar-refractivity contribution in [1.29, 1.82) is 0 Å². The summed E-state index contributed by atoms with van der Waals surface area (Å²) in [7, 11) is 0. The van der Waals surface area contributed by atoms with Crippen LogP contribution in [0.15, 0.2) is 16.4 Å². The van der Waals surface area contributed by atoms with Crippen molar-refractivity contribution in [3.63, 3.8) is 0 Å². The monoisotopic (exact) mass is 307 g/mol. The van der Waals surface area contributed by atoms with E-state index in [2.05, 4.69) is 4.98 Å². The number of aryl methyl sites for hydroxylation is 1. The molecular formula is C14H17N3O3S. The second-order valence-corrected chi connectivity index (χ2v) is 6.25. The number of amides is 1. The van der Waals surface area contributed by atoms with Crippen LogP contribution in [-0.4, -0.2) is 45.0 Å². The molecule has 1 N–H and O–H groups in total. The van der Waals surface area contributed by atoms with Gasteiger partial charge in [0.05, 0.1) is 0 Å². The van der Waals surface area contributed by atoms with Gasteiger partial charge in [-0.2, -0.15) is 0 Å². The van der Waals surface area contributed by atoms with E-state index in [0.717, 1.165) is 18.5 Å². The molecule has 0 bridgehead atoms. The van der Waals surface area contributed by atoms with Gasteiger partial charge in [-0.05, 0) is 25.7 Å². The molecule has 6 nitrogen and oxygen atoms in total. The summed E-state index contributed by atoms with van der Waals surface area (Å²) in [6.45, 7) is 3.02. The summed E-state index contributed by atoms with van der Waals surface area (Å²) in [6.07, 6.45) is 3.14. The smallest absolute Gasteiger partial charge is 0.271 e. The molecule has 0 aliphatic carbocycles. The molecule has 1 saturated heterocycles. The quantitative estimate of drug-likeness (QED) is 0.895. The third-order valence-electron chi connectivity index (χ3n) is 3.91. The van der Waals surface area contributed by atoms with E-state index in [4.69, 9.17) is 0 Å². The van der Waals surface area contributed by atoms with Gasteiger partial charge in [-0.1, -0.05) is 0 Å². The molecule has 3 rings (SSSR count). The maximum atomic E-state index is 12.6. The average Bonchev–Trinajstić information content (AvgIpc) is 2.89. The highest BCUT2D eigenvalue weighted by Crippen LogP contribution is 2.18. The fourth-order valence-electron chi connectivity index (χ4n) is 2.74. The minimum absolute atomic E-state index is 0.0731. The fourth-order valence-corrected chi connectivity index (χ4v) is 3.57. The summed E-state index contributed by atoms with van der Waals surface area (Å²) in [4.78, 5) is 31.5. The Morgan fingerprint density at radius 3 is 3.14 bits per heavy atom. The Kier molecular flexibility index (Phi) is 3.77. The molecule has 1 unspecified atom stereocenters. The summed E-state index contributed by atoms with van der Waals surface area (Å²) in [6, 6.07) is 0. The predicted molar refractivity (Wildman–Crippen MR) is 79.8 cm³/mol. The van der Waals surface area contributed by atoms with E-state index in [1.807, 2.05) is 12.3 Å². The molecule has 112 valence electrons. The molecule has 0 radical (unpaired) electrons. The van der Waals surface area contributed by atoms with Crippen molar-refractivity contribution < 1.29 is 9.90 Å². The summed E-state index contributed by atoms with van der Waals surface area (Å²) in [5, 5.41) is 11.1. The molecule has 3 heterocycles. The molecular weight excluding hydrogens is 290 g/mol. The Morgan fingerprint density at radius 2 is 2.38 bits per heavy atom. The van der Waals surface area contributed by atoms with Gasteiger partial charge in [0, 0.05) is 37.0 Å².